The summed E-state index contributed by atoms with van der Waals surface area (Å²) in [6.07, 6.45) is 2.39. The highest BCUT2D eigenvalue weighted by molar-refractivity contribution is 7.84. The van der Waals surface area contributed by atoms with E-state index < -0.39 is 16.7 Å². The van der Waals surface area contributed by atoms with Crippen LogP contribution in [-0.2, 0) is 10.8 Å². The van der Waals surface area contributed by atoms with E-state index in [9.17, 15) is 9.00 Å². The molecule has 0 aliphatic heterocycles. The third-order valence-electron chi connectivity index (χ3n) is 2.40. The predicted molar refractivity (Wildman–Crippen MR) is 73.8 cm³/mol. The fourth-order valence-electron chi connectivity index (χ4n) is 1.37. The molecule has 1 heterocycles. The second kappa shape index (κ2) is 6.34. The van der Waals surface area contributed by atoms with E-state index in [0.29, 0.717) is 17.3 Å². The van der Waals surface area contributed by atoms with Gasteiger partial charge in [0, 0.05) is 28.9 Å². The van der Waals surface area contributed by atoms with Gasteiger partial charge in [0.2, 0.25) is 0 Å². The molecule has 1 rings (SSSR count). The van der Waals surface area contributed by atoms with Crippen LogP contribution in [0.5, 0.6) is 0 Å². The maximum Gasteiger partial charge on any atom is 0.267 e. The Hall–Kier alpha value is -1.63. The van der Waals surface area contributed by atoms with Gasteiger partial charge in [-0.1, -0.05) is 0 Å². The number of nitrogens with one attached hydrogen (secondary N) is 1. The quantitative estimate of drug-likeness (QED) is 0.690. The largest absolute Gasteiger partial charge is 0.396 e. The summed E-state index contributed by atoms with van der Waals surface area (Å²) in [7, 11) is -0.827. The summed E-state index contributed by atoms with van der Waals surface area (Å²) >= 11 is 0. The maximum atomic E-state index is 11.0. The van der Waals surface area contributed by atoms with Gasteiger partial charge in [0.25, 0.3) is 5.91 Å². The van der Waals surface area contributed by atoms with E-state index in [1.54, 1.807) is 12.3 Å². The third-order valence-corrected chi connectivity index (χ3v) is 3.21. The van der Waals surface area contributed by atoms with Crippen LogP contribution in [0.1, 0.15) is 23.8 Å². The number of anilines is 2. The highest BCUT2D eigenvalue weighted by atomic mass is 32.2. The lowest BCUT2D eigenvalue weighted by Crippen LogP contribution is -2.21. The lowest BCUT2D eigenvalue weighted by Gasteiger charge is -2.15. The Labute approximate surface area is 109 Å². The van der Waals surface area contributed by atoms with Gasteiger partial charge in [-0.25, -0.2) is 4.98 Å². The fourth-order valence-corrected chi connectivity index (χ4v) is 2.06. The number of hydrogen-bond acceptors (Lipinski definition) is 5. The Morgan fingerprint density at radius 1 is 1.56 bits per heavy atom. The van der Waals surface area contributed by atoms with Crippen molar-refractivity contribution < 1.29 is 9.00 Å². The zero-order chi connectivity index (χ0) is 13.7. The van der Waals surface area contributed by atoms with E-state index in [1.165, 1.54) is 6.07 Å². The van der Waals surface area contributed by atoms with Gasteiger partial charge in [0.05, 0.1) is 5.69 Å². The second-order valence-electron chi connectivity index (χ2n) is 4.11. The fraction of sp³-hybridized carbons (Fsp3) is 0.455. The average molecular weight is 270 g/mol. The van der Waals surface area contributed by atoms with Crippen molar-refractivity contribution in [1.29, 1.82) is 0 Å². The highest BCUT2D eigenvalue weighted by Crippen LogP contribution is 2.17. The van der Waals surface area contributed by atoms with Gasteiger partial charge in [-0.05, 0) is 25.5 Å². The van der Waals surface area contributed by atoms with Crippen molar-refractivity contribution in [2.24, 2.45) is 5.73 Å². The number of amides is 1. The first-order valence-corrected chi connectivity index (χ1v) is 7.25. The summed E-state index contributed by atoms with van der Waals surface area (Å²) in [5, 5.41) is 3.08. The molecule has 0 saturated heterocycles. The van der Waals surface area contributed by atoms with Crippen LogP contribution in [-0.4, -0.2) is 33.2 Å². The van der Waals surface area contributed by atoms with Gasteiger partial charge < -0.3 is 16.8 Å². The number of hydrogen-bond donors (Lipinski definition) is 3. The van der Waals surface area contributed by atoms with Crippen molar-refractivity contribution in [1.82, 2.24) is 4.98 Å². The maximum absolute atomic E-state index is 11.0. The smallest absolute Gasteiger partial charge is 0.267 e. The van der Waals surface area contributed by atoms with Crippen LogP contribution >= 0.6 is 0 Å². The molecule has 1 amide bonds. The first-order chi connectivity index (χ1) is 8.40. The third kappa shape index (κ3) is 4.33. The van der Waals surface area contributed by atoms with Gasteiger partial charge in [-0.2, -0.15) is 0 Å². The number of rotatable bonds is 6. The molecule has 0 saturated carbocycles. The Kier molecular flexibility index (Phi) is 5.08. The highest BCUT2D eigenvalue weighted by Gasteiger charge is 2.10. The van der Waals surface area contributed by atoms with Crippen molar-refractivity contribution in [3.05, 3.63) is 17.8 Å². The normalized spacial score (nSPS) is 13.9. The molecule has 0 fully saturated rings. The Bertz CT molecular complexity index is 464. The van der Waals surface area contributed by atoms with Crippen LogP contribution in [0, 0.1) is 0 Å². The molecular formula is C11H18N4O2S. The zero-order valence-electron chi connectivity index (χ0n) is 10.5. The van der Waals surface area contributed by atoms with Crippen LogP contribution in [0.15, 0.2) is 12.1 Å². The molecule has 5 N–H and O–H groups in total. The minimum Gasteiger partial charge on any atom is -0.396 e. The summed E-state index contributed by atoms with van der Waals surface area (Å²) in [5.74, 6) is 0.435. The van der Waals surface area contributed by atoms with Crippen LogP contribution in [0.2, 0.25) is 0 Å². The minimum absolute atomic E-state index is 0.0619. The summed E-state index contributed by atoms with van der Waals surface area (Å²) in [6.45, 7) is 1.94. The van der Waals surface area contributed by atoms with Crippen molar-refractivity contribution in [3.8, 4) is 0 Å². The number of primary amides is 1. The van der Waals surface area contributed by atoms with Gasteiger partial charge in [-0.3, -0.25) is 9.00 Å². The molecule has 0 spiro atoms. The zero-order valence-corrected chi connectivity index (χ0v) is 11.3. The molecule has 2 unspecified atom stereocenters. The Morgan fingerprint density at radius 2 is 2.22 bits per heavy atom. The number of nitrogen functional groups attached to an aromatic ring is 1. The minimum atomic E-state index is -0.827. The van der Waals surface area contributed by atoms with Gasteiger partial charge >= 0.3 is 0 Å². The number of nitrogens with zero attached hydrogens (tertiary/aromatic N) is 1. The Morgan fingerprint density at radius 3 is 2.78 bits per heavy atom. The van der Waals surface area contributed by atoms with Crippen LogP contribution < -0.4 is 16.8 Å². The average Bonchev–Trinajstić information content (AvgIpc) is 2.29. The first-order valence-electron chi connectivity index (χ1n) is 5.53. The number of aromatic nitrogens is 1. The lowest BCUT2D eigenvalue weighted by atomic mass is 10.2. The molecule has 100 valence electrons. The van der Waals surface area contributed by atoms with E-state index in [0.717, 1.165) is 6.42 Å². The van der Waals surface area contributed by atoms with Crippen molar-refractivity contribution >= 4 is 28.2 Å². The van der Waals surface area contributed by atoms with E-state index in [1.807, 2.05) is 6.92 Å². The first kappa shape index (κ1) is 14.4. The van der Waals surface area contributed by atoms with E-state index in [2.05, 4.69) is 10.3 Å². The summed E-state index contributed by atoms with van der Waals surface area (Å²) < 4.78 is 11.0. The van der Waals surface area contributed by atoms with Crippen molar-refractivity contribution in [2.75, 3.05) is 23.1 Å². The molecular weight excluding hydrogens is 252 g/mol. The molecule has 0 bridgehead atoms. The van der Waals surface area contributed by atoms with Crippen LogP contribution in [0.3, 0.4) is 0 Å². The second-order valence-corrected chi connectivity index (χ2v) is 5.66. The van der Waals surface area contributed by atoms with Crippen LogP contribution in [0.4, 0.5) is 11.5 Å². The summed E-state index contributed by atoms with van der Waals surface area (Å²) in [6, 6.07) is 3.13. The molecule has 1 aromatic rings. The standard InChI is InChI=1S/C11H18N4O2S/c1-7(5-6-18(2)17)14-11-8(12)3-4-9(15-11)10(13)16/h3-4,7H,5-6,12H2,1-2H3,(H2,13,16)(H,14,15). The molecule has 0 aliphatic carbocycles. The van der Waals surface area contributed by atoms with Crippen molar-refractivity contribution in [2.45, 2.75) is 19.4 Å². The Balaban J connectivity index is 2.73. The van der Waals surface area contributed by atoms with E-state index >= 15 is 0 Å². The molecule has 0 aliphatic rings. The SMILES string of the molecule is CC(CCS(C)=O)Nc1nc(C(N)=O)ccc1N. The van der Waals surface area contributed by atoms with Gasteiger partial charge in [0.1, 0.15) is 11.5 Å². The molecule has 6 nitrogen and oxygen atoms in total. The van der Waals surface area contributed by atoms with E-state index in [-0.39, 0.29) is 11.7 Å². The van der Waals surface area contributed by atoms with Crippen LogP contribution in [0.25, 0.3) is 0 Å². The van der Waals surface area contributed by atoms with Gasteiger partial charge in [-0.15, -0.1) is 0 Å². The van der Waals surface area contributed by atoms with E-state index in [4.69, 9.17) is 11.5 Å². The number of carbonyl (C=O) groups excluding carboxylic acids is 1. The predicted octanol–water partition coefficient (Wildman–Crippen LogP) is 0.332. The molecule has 1 aromatic heterocycles. The molecule has 0 radical (unpaired) electrons. The van der Waals surface area contributed by atoms with Crippen molar-refractivity contribution in [3.63, 3.8) is 0 Å². The summed E-state index contributed by atoms with van der Waals surface area (Å²) in [5.41, 5.74) is 11.5. The number of carbonyl (C=O) groups is 1. The number of pyridine rings is 1. The molecule has 0 aromatic carbocycles. The molecule has 2 atom stereocenters. The van der Waals surface area contributed by atoms with Gasteiger partial charge in [0.15, 0.2) is 0 Å². The molecule has 18 heavy (non-hydrogen) atoms. The monoisotopic (exact) mass is 270 g/mol. The summed E-state index contributed by atoms with van der Waals surface area (Å²) in [4.78, 5) is 15.1. The number of nitrogens with two attached hydrogens (primary N) is 2. The lowest BCUT2D eigenvalue weighted by molar-refractivity contribution is 0.0995. The molecule has 7 heteroatoms. The topological polar surface area (TPSA) is 111 Å².